The number of nitrogens with one attached hydrogen (secondary N) is 1. The number of aliphatic carboxylic acids is 1. The predicted molar refractivity (Wildman–Crippen MR) is 82.5 cm³/mol. The number of H-pyrrole nitrogens is 1. The van der Waals surface area contributed by atoms with Crippen LogP contribution in [-0.4, -0.2) is 36.0 Å². The summed E-state index contributed by atoms with van der Waals surface area (Å²) in [6.45, 7) is -0.262. The van der Waals surface area contributed by atoms with Gasteiger partial charge in [0.1, 0.15) is 18.1 Å². The summed E-state index contributed by atoms with van der Waals surface area (Å²) < 4.78 is 1.21. The van der Waals surface area contributed by atoms with Crippen LogP contribution in [-0.2, 0) is 11.3 Å². The van der Waals surface area contributed by atoms with E-state index in [1.165, 1.54) is 10.9 Å². The Morgan fingerprint density at radius 3 is 3.05 bits per heavy atom. The van der Waals surface area contributed by atoms with Crippen LogP contribution in [0.4, 0.5) is 0 Å². The summed E-state index contributed by atoms with van der Waals surface area (Å²) >= 11 is 12.1. The minimum absolute atomic E-state index is 0.262. The monoisotopic (exact) mass is 337 g/mol. The Labute approximate surface area is 134 Å². The minimum Gasteiger partial charge on any atom is -0.480 e. The highest BCUT2D eigenvalue weighted by atomic mass is 35.5. The number of imidazole rings is 1. The molecule has 9 heteroatoms. The van der Waals surface area contributed by atoms with Crippen LogP contribution in [0.25, 0.3) is 22.1 Å². The molecular weight excluding hydrogens is 329 g/mol. The molecule has 0 aliphatic carbocycles. The zero-order valence-corrected chi connectivity index (χ0v) is 12.5. The number of carbonyl (C=O) groups is 1. The number of nitrogens with zero attached hydrogens (tertiary/aromatic N) is 4. The highest BCUT2D eigenvalue weighted by molar-refractivity contribution is 6.50. The number of hydrogen-bond acceptors (Lipinski definition) is 4. The van der Waals surface area contributed by atoms with Crippen LogP contribution in [0.2, 0.25) is 5.02 Å². The Morgan fingerprint density at radius 1 is 1.45 bits per heavy atom. The van der Waals surface area contributed by atoms with Crippen molar-refractivity contribution in [2.75, 3.05) is 0 Å². The van der Waals surface area contributed by atoms with Crippen LogP contribution in [0.5, 0.6) is 0 Å². The molecule has 2 heterocycles. The molecule has 2 N–H and O–H groups in total. The number of rotatable bonds is 4. The minimum atomic E-state index is -0.999. The first-order chi connectivity index (χ1) is 10.5. The second-order valence-corrected chi connectivity index (χ2v) is 5.32. The summed E-state index contributed by atoms with van der Waals surface area (Å²) in [5.74, 6) is -0.535. The summed E-state index contributed by atoms with van der Waals surface area (Å²) in [5, 5.41) is 17.1. The van der Waals surface area contributed by atoms with E-state index >= 15 is 0 Å². The molecule has 0 amide bonds. The van der Waals surface area contributed by atoms with Crippen molar-refractivity contribution in [1.29, 1.82) is 0 Å². The van der Waals surface area contributed by atoms with Gasteiger partial charge in [0.2, 0.25) is 0 Å². The van der Waals surface area contributed by atoms with Gasteiger partial charge in [-0.3, -0.25) is 4.79 Å². The fourth-order valence-corrected chi connectivity index (χ4v) is 2.26. The molecule has 0 atom stereocenters. The van der Waals surface area contributed by atoms with Crippen molar-refractivity contribution in [3.8, 4) is 0 Å². The van der Waals surface area contributed by atoms with Crippen molar-refractivity contribution in [3.63, 3.8) is 0 Å². The van der Waals surface area contributed by atoms with E-state index in [4.69, 9.17) is 28.3 Å². The maximum Gasteiger partial charge on any atom is 0.325 e. The number of benzene rings is 1. The molecule has 0 unspecified atom stereocenters. The Hall–Kier alpha value is -2.38. The van der Waals surface area contributed by atoms with Crippen molar-refractivity contribution < 1.29 is 9.90 Å². The lowest BCUT2D eigenvalue weighted by Gasteiger charge is -1.92. The van der Waals surface area contributed by atoms with Crippen molar-refractivity contribution in [2.45, 2.75) is 6.54 Å². The van der Waals surface area contributed by atoms with E-state index in [2.05, 4.69) is 20.3 Å². The highest BCUT2D eigenvalue weighted by Crippen LogP contribution is 2.23. The van der Waals surface area contributed by atoms with Crippen molar-refractivity contribution in [3.05, 3.63) is 40.9 Å². The Morgan fingerprint density at radius 2 is 2.27 bits per heavy atom. The first-order valence-corrected chi connectivity index (χ1v) is 6.91. The van der Waals surface area contributed by atoms with Gasteiger partial charge in [-0.2, -0.15) is 0 Å². The van der Waals surface area contributed by atoms with Crippen molar-refractivity contribution in [1.82, 2.24) is 25.0 Å². The van der Waals surface area contributed by atoms with E-state index in [0.717, 1.165) is 11.0 Å². The summed E-state index contributed by atoms with van der Waals surface area (Å²) in [5.41, 5.74) is 1.94. The molecule has 22 heavy (non-hydrogen) atoms. The van der Waals surface area contributed by atoms with Crippen LogP contribution in [0.3, 0.4) is 0 Å². The summed E-state index contributed by atoms with van der Waals surface area (Å²) in [6, 6.07) is 5.27. The van der Waals surface area contributed by atoms with Gasteiger partial charge in [0.05, 0.1) is 22.3 Å². The largest absolute Gasteiger partial charge is 0.480 e. The van der Waals surface area contributed by atoms with Crippen molar-refractivity contribution in [2.24, 2.45) is 0 Å². The van der Waals surface area contributed by atoms with Crippen LogP contribution < -0.4 is 0 Å². The molecule has 3 aromatic rings. The molecule has 0 aliphatic rings. The maximum absolute atomic E-state index is 10.6. The predicted octanol–water partition coefficient (Wildman–Crippen LogP) is 2.63. The summed E-state index contributed by atoms with van der Waals surface area (Å²) in [7, 11) is 0. The van der Waals surface area contributed by atoms with Crippen LogP contribution in [0.15, 0.2) is 24.4 Å². The SMILES string of the molecule is O=C(O)Cn1cc(/C=C(\Cl)c2nc3ccc(Cl)cc3[nH]2)nn1. The average molecular weight is 338 g/mol. The second kappa shape index (κ2) is 5.78. The third kappa shape index (κ3) is 3.10. The zero-order valence-electron chi connectivity index (χ0n) is 11.0. The van der Waals surface area contributed by atoms with E-state index in [1.807, 2.05) is 0 Å². The van der Waals surface area contributed by atoms with E-state index in [0.29, 0.717) is 21.6 Å². The van der Waals surface area contributed by atoms with Gasteiger partial charge >= 0.3 is 5.97 Å². The van der Waals surface area contributed by atoms with E-state index in [9.17, 15) is 4.79 Å². The number of halogens is 2. The number of carboxylic acids is 1. The van der Waals surface area contributed by atoms with Gasteiger partial charge in [0, 0.05) is 5.02 Å². The number of carboxylic acid groups (broad SMARTS) is 1. The van der Waals surface area contributed by atoms with E-state index in [1.54, 1.807) is 24.3 Å². The normalized spacial score (nSPS) is 12.0. The Bertz CT molecular complexity index is 884. The van der Waals surface area contributed by atoms with Crippen LogP contribution in [0, 0.1) is 0 Å². The van der Waals surface area contributed by atoms with Gasteiger partial charge in [-0.15, -0.1) is 5.10 Å². The van der Waals surface area contributed by atoms with Crippen LogP contribution in [0.1, 0.15) is 11.5 Å². The molecule has 0 fully saturated rings. The van der Waals surface area contributed by atoms with Gasteiger partial charge in [-0.05, 0) is 24.3 Å². The Kier molecular flexibility index (Phi) is 3.82. The molecule has 1 aromatic carbocycles. The van der Waals surface area contributed by atoms with Gasteiger partial charge in [-0.25, -0.2) is 9.67 Å². The average Bonchev–Trinajstić information content (AvgIpc) is 3.04. The first-order valence-electron chi connectivity index (χ1n) is 6.16. The number of hydrogen-bond donors (Lipinski definition) is 2. The van der Waals surface area contributed by atoms with Crippen molar-refractivity contribution >= 4 is 51.3 Å². The number of aromatic amines is 1. The number of aromatic nitrogens is 5. The third-order valence-electron chi connectivity index (χ3n) is 2.80. The molecule has 0 radical (unpaired) electrons. The van der Waals surface area contributed by atoms with Crippen LogP contribution >= 0.6 is 23.2 Å². The lowest BCUT2D eigenvalue weighted by Crippen LogP contribution is -2.08. The van der Waals surface area contributed by atoms with E-state index < -0.39 is 5.97 Å². The molecule has 2 aromatic heterocycles. The number of fused-ring (bicyclic) bond motifs is 1. The molecule has 3 rings (SSSR count). The van der Waals surface area contributed by atoms with Gasteiger partial charge < -0.3 is 10.1 Å². The molecule has 0 bridgehead atoms. The molecule has 112 valence electrons. The third-order valence-corrected chi connectivity index (χ3v) is 3.32. The maximum atomic E-state index is 10.6. The first kappa shape index (κ1) is 14.6. The molecule has 0 saturated heterocycles. The highest BCUT2D eigenvalue weighted by Gasteiger charge is 2.08. The van der Waals surface area contributed by atoms with E-state index in [-0.39, 0.29) is 6.54 Å². The summed E-state index contributed by atoms with van der Waals surface area (Å²) in [6.07, 6.45) is 3.03. The smallest absolute Gasteiger partial charge is 0.325 e. The summed E-state index contributed by atoms with van der Waals surface area (Å²) in [4.78, 5) is 18.0. The standard InChI is InChI=1S/C13H9Cl2N5O2/c14-7-1-2-10-11(3-7)17-13(16-10)9(15)4-8-5-20(19-18-8)6-12(21)22/h1-5H,6H2,(H,16,17)(H,21,22)/b9-4-. The van der Waals surface area contributed by atoms with Gasteiger partial charge in [0.25, 0.3) is 0 Å². The molecule has 0 aliphatic heterocycles. The van der Waals surface area contributed by atoms with Gasteiger partial charge in [0.15, 0.2) is 0 Å². The molecule has 7 nitrogen and oxygen atoms in total. The molecule has 0 saturated carbocycles. The second-order valence-electron chi connectivity index (χ2n) is 4.47. The zero-order chi connectivity index (χ0) is 15.7. The Balaban J connectivity index is 1.89. The quantitative estimate of drug-likeness (QED) is 0.762. The molecular formula is C13H9Cl2N5O2. The molecule has 0 spiro atoms. The fourth-order valence-electron chi connectivity index (χ4n) is 1.89. The lowest BCUT2D eigenvalue weighted by molar-refractivity contribution is -0.137. The van der Waals surface area contributed by atoms with Gasteiger partial charge in [-0.1, -0.05) is 28.4 Å². The topological polar surface area (TPSA) is 96.7 Å². The lowest BCUT2D eigenvalue weighted by atomic mass is 10.3. The fraction of sp³-hybridized carbons (Fsp3) is 0.0769.